The molecule has 0 radical (unpaired) electrons. The first-order valence-electron chi connectivity index (χ1n) is 8.33. The second kappa shape index (κ2) is 5.57. The van der Waals surface area contributed by atoms with Crippen LogP contribution in [0, 0.1) is 0 Å². The SMILES string of the molecule is COC(=O)[C@]12C=C[C@](C(=O)OC)(CC1)n1c(=O)n(-c3ccccc3)c(=O)n12. The summed E-state index contributed by atoms with van der Waals surface area (Å²) in [5.41, 5.74) is -4.09. The van der Waals surface area contributed by atoms with Gasteiger partial charge in [0.15, 0.2) is 11.1 Å². The van der Waals surface area contributed by atoms with Gasteiger partial charge in [0.05, 0.1) is 19.9 Å². The Morgan fingerprint density at radius 1 is 0.852 bits per heavy atom. The molecule has 1 aromatic heterocycles. The number of carbonyl (C=O) groups excluding carboxylic acids is 2. The lowest BCUT2D eigenvalue weighted by Crippen LogP contribution is -2.64. The van der Waals surface area contributed by atoms with Crippen molar-refractivity contribution in [3.8, 4) is 5.69 Å². The molecule has 1 aromatic carbocycles. The molecule has 0 saturated heterocycles. The number of aromatic nitrogens is 3. The summed E-state index contributed by atoms with van der Waals surface area (Å²) >= 11 is 0. The van der Waals surface area contributed by atoms with Crippen LogP contribution in [0.2, 0.25) is 0 Å². The number of nitrogens with zero attached hydrogens (tertiary/aromatic N) is 3. The summed E-state index contributed by atoms with van der Waals surface area (Å²) in [6.45, 7) is 0. The third-order valence-corrected chi connectivity index (χ3v) is 5.32. The molecule has 140 valence electrons. The molecule has 27 heavy (non-hydrogen) atoms. The Hall–Kier alpha value is -3.36. The predicted molar refractivity (Wildman–Crippen MR) is 92.6 cm³/mol. The van der Waals surface area contributed by atoms with Gasteiger partial charge in [-0.3, -0.25) is 0 Å². The van der Waals surface area contributed by atoms with Crippen LogP contribution >= 0.6 is 0 Å². The molecule has 2 aromatic rings. The number of fused-ring (bicyclic) bond motifs is 1. The number of hydrogen-bond donors (Lipinski definition) is 0. The van der Waals surface area contributed by atoms with Crippen LogP contribution < -0.4 is 11.4 Å². The van der Waals surface area contributed by atoms with Crippen molar-refractivity contribution in [3.63, 3.8) is 0 Å². The van der Waals surface area contributed by atoms with Gasteiger partial charge in [-0.15, -0.1) is 0 Å². The van der Waals surface area contributed by atoms with E-state index in [1.54, 1.807) is 30.3 Å². The van der Waals surface area contributed by atoms with E-state index in [-0.39, 0.29) is 12.8 Å². The fourth-order valence-corrected chi connectivity index (χ4v) is 3.98. The van der Waals surface area contributed by atoms with Crippen LogP contribution in [0.5, 0.6) is 0 Å². The van der Waals surface area contributed by atoms with Crippen LogP contribution in [0.3, 0.4) is 0 Å². The highest BCUT2D eigenvalue weighted by molar-refractivity contribution is 5.87. The van der Waals surface area contributed by atoms with Crippen molar-refractivity contribution in [3.05, 3.63) is 63.5 Å². The number of para-hydroxylation sites is 1. The second-order valence-electron chi connectivity index (χ2n) is 6.52. The summed E-state index contributed by atoms with van der Waals surface area (Å²) in [5, 5.41) is 0. The lowest BCUT2D eigenvalue weighted by Gasteiger charge is -2.46. The van der Waals surface area contributed by atoms with E-state index in [0.717, 1.165) is 13.9 Å². The zero-order chi connectivity index (χ0) is 19.4. The molecule has 2 bridgehead atoms. The Kier molecular flexibility index (Phi) is 3.52. The zero-order valence-electron chi connectivity index (χ0n) is 14.7. The number of ether oxygens (including phenoxy) is 2. The van der Waals surface area contributed by atoms with Gasteiger partial charge in [0.25, 0.3) is 0 Å². The number of carbonyl (C=O) groups is 2. The Morgan fingerprint density at radius 2 is 1.30 bits per heavy atom. The van der Waals surface area contributed by atoms with Crippen molar-refractivity contribution < 1.29 is 19.1 Å². The average molecular weight is 371 g/mol. The molecule has 0 fully saturated rings. The van der Waals surface area contributed by atoms with Gasteiger partial charge in [0, 0.05) is 0 Å². The summed E-state index contributed by atoms with van der Waals surface area (Å²) < 4.78 is 12.8. The van der Waals surface area contributed by atoms with Crippen LogP contribution in [0.4, 0.5) is 0 Å². The van der Waals surface area contributed by atoms with Crippen molar-refractivity contribution in [2.24, 2.45) is 0 Å². The third kappa shape index (κ3) is 1.93. The van der Waals surface area contributed by atoms with Gasteiger partial charge >= 0.3 is 23.3 Å². The van der Waals surface area contributed by atoms with Crippen molar-refractivity contribution in [1.29, 1.82) is 0 Å². The quantitative estimate of drug-likeness (QED) is 0.552. The van der Waals surface area contributed by atoms with Crippen LogP contribution in [-0.4, -0.2) is 40.1 Å². The standard InChI is InChI=1S/C18H17N3O6/c1-26-13(22)17-8-10-18(11-9-17,14(23)27-2)21-16(25)19(15(24)20(17)21)12-6-4-3-5-7-12/h3-8,10H,9,11H2,1-2H3/t17-,18+. The topological polar surface area (TPSA) is 102 Å². The number of esters is 2. The summed E-state index contributed by atoms with van der Waals surface area (Å²) in [7, 11) is 2.42. The third-order valence-electron chi connectivity index (χ3n) is 5.32. The van der Waals surface area contributed by atoms with Crippen LogP contribution in [0.25, 0.3) is 5.69 Å². The van der Waals surface area contributed by atoms with Crippen LogP contribution in [0.15, 0.2) is 52.1 Å². The molecule has 5 rings (SSSR count). The van der Waals surface area contributed by atoms with Gasteiger partial charge in [-0.2, -0.15) is 0 Å². The molecule has 0 spiro atoms. The van der Waals surface area contributed by atoms with Crippen molar-refractivity contribution in [2.45, 2.75) is 23.9 Å². The minimum Gasteiger partial charge on any atom is -0.467 e. The molecule has 9 nitrogen and oxygen atoms in total. The maximum Gasteiger partial charge on any atom is 0.353 e. The van der Waals surface area contributed by atoms with Crippen molar-refractivity contribution in [2.75, 3.05) is 14.2 Å². The van der Waals surface area contributed by atoms with Crippen molar-refractivity contribution >= 4 is 11.9 Å². The highest BCUT2D eigenvalue weighted by atomic mass is 16.5. The Bertz CT molecular complexity index is 1030. The number of rotatable bonds is 3. The molecule has 3 aliphatic rings. The maximum absolute atomic E-state index is 13.2. The second-order valence-corrected chi connectivity index (χ2v) is 6.52. The number of hydrogen-bond acceptors (Lipinski definition) is 6. The number of methoxy groups -OCH3 is 2. The molecule has 2 aliphatic heterocycles. The van der Waals surface area contributed by atoms with Gasteiger partial charge in [0.1, 0.15) is 0 Å². The van der Waals surface area contributed by atoms with Gasteiger partial charge in [-0.05, 0) is 37.1 Å². The minimum absolute atomic E-state index is 0.128. The normalized spacial score (nSPS) is 25.1. The lowest BCUT2D eigenvalue weighted by molar-refractivity contribution is -0.161. The van der Waals surface area contributed by atoms with Gasteiger partial charge in [-0.1, -0.05) is 18.2 Å². The van der Waals surface area contributed by atoms with E-state index in [0.29, 0.717) is 5.69 Å². The first-order chi connectivity index (χ1) is 12.9. The summed E-state index contributed by atoms with van der Waals surface area (Å²) in [5.74, 6) is -1.36. The molecular weight excluding hydrogens is 354 g/mol. The summed E-state index contributed by atoms with van der Waals surface area (Å²) in [6.07, 6.45) is 3.16. The van der Waals surface area contributed by atoms with Gasteiger partial charge in [0.2, 0.25) is 0 Å². The molecule has 9 heteroatoms. The fraction of sp³-hybridized carbons (Fsp3) is 0.333. The zero-order valence-corrected chi connectivity index (χ0v) is 14.7. The fourth-order valence-electron chi connectivity index (χ4n) is 3.98. The largest absolute Gasteiger partial charge is 0.467 e. The van der Waals surface area contributed by atoms with Crippen LogP contribution in [-0.2, 0) is 30.1 Å². The van der Waals surface area contributed by atoms with E-state index < -0.39 is 34.4 Å². The molecule has 0 saturated carbocycles. The van der Waals surface area contributed by atoms with E-state index in [9.17, 15) is 19.2 Å². The monoisotopic (exact) mass is 371 g/mol. The van der Waals surface area contributed by atoms with Crippen LogP contribution in [0.1, 0.15) is 12.8 Å². The minimum atomic E-state index is -1.49. The Morgan fingerprint density at radius 3 is 1.67 bits per heavy atom. The smallest absolute Gasteiger partial charge is 0.353 e. The summed E-state index contributed by atoms with van der Waals surface area (Å²) in [4.78, 5) is 51.6. The van der Waals surface area contributed by atoms with Gasteiger partial charge in [-0.25, -0.2) is 33.1 Å². The van der Waals surface area contributed by atoms with Crippen molar-refractivity contribution in [1.82, 2.24) is 13.9 Å². The average Bonchev–Trinajstić information content (AvgIpc) is 3.01. The Labute approximate surface area is 153 Å². The molecule has 0 unspecified atom stereocenters. The lowest BCUT2D eigenvalue weighted by atomic mass is 9.75. The Balaban J connectivity index is 2.12. The van der Waals surface area contributed by atoms with E-state index >= 15 is 0 Å². The molecule has 3 heterocycles. The van der Waals surface area contributed by atoms with E-state index in [1.807, 2.05) is 0 Å². The molecule has 2 atom stereocenters. The van der Waals surface area contributed by atoms with E-state index in [1.165, 1.54) is 26.4 Å². The molecule has 0 N–H and O–H groups in total. The first kappa shape index (κ1) is 17.1. The summed E-state index contributed by atoms with van der Waals surface area (Å²) in [6, 6.07) is 8.31. The number of benzene rings is 1. The highest BCUT2D eigenvalue weighted by Gasteiger charge is 2.59. The maximum atomic E-state index is 13.2. The van der Waals surface area contributed by atoms with Gasteiger partial charge < -0.3 is 9.47 Å². The molecular formula is C18H17N3O6. The predicted octanol–water partition coefficient (Wildman–Crippen LogP) is -0.0991. The van der Waals surface area contributed by atoms with E-state index in [4.69, 9.17) is 9.47 Å². The molecule has 0 amide bonds. The first-order valence-corrected chi connectivity index (χ1v) is 8.33. The molecule has 1 aliphatic carbocycles. The van der Waals surface area contributed by atoms with E-state index in [2.05, 4.69) is 0 Å². The highest BCUT2D eigenvalue weighted by Crippen LogP contribution is 2.43.